The number of carboxylic acid groups (broad SMARTS) is 1. The van der Waals surface area contributed by atoms with Crippen molar-refractivity contribution in [2.24, 2.45) is 0 Å². The molecule has 2 aromatic carbocycles. The third kappa shape index (κ3) is 7.08. The van der Waals surface area contributed by atoms with Gasteiger partial charge in [-0.05, 0) is 30.6 Å². The van der Waals surface area contributed by atoms with E-state index in [1.54, 1.807) is 24.8 Å². The summed E-state index contributed by atoms with van der Waals surface area (Å²) in [6.07, 6.45) is 8.24. The molecule has 8 heteroatoms. The molecule has 0 aliphatic heterocycles. The molecule has 0 aliphatic carbocycles. The third-order valence-electron chi connectivity index (χ3n) is 4.67. The van der Waals surface area contributed by atoms with Crippen LogP contribution in [0.2, 0.25) is 0 Å². The van der Waals surface area contributed by atoms with Crippen molar-refractivity contribution in [1.82, 2.24) is 15.0 Å². The Bertz CT molecular complexity index is 1250. The second-order valence-electron chi connectivity index (χ2n) is 6.83. The van der Waals surface area contributed by atoms with Crippen LogP contribution in [0.25, 0.3) is 40.0 Å². The number of H-pyrrole nitrogens is 1. The van der Waals surface area contributed by atoms with E-state index < -0.39 is 5.97 Å². The molecule has 0 saturated heterocycles. The van der Waals surface area contributed by atoms with Crippen LogP contribution < -0.4 is 51.4 Å². The number of hydrogen-bond donors (Lipinski definition) is 2. The molecule has 0 bridgehead atoms. The van der Waals surface area contributed by atoms with Crippen LogP contribution in [0.15, 0.2) is 84.0 Å². The van der Waals surface area contributed by atoms with Crippen LogP contribution in [0.5, 0.6) is 0 Å². The van der Waals surface area contributed by atoms with E-state index in [9.17, 15) is 9.59 Å². The van der Waals surface area contributed by atoms with Gasteiger partial charge >= 0.3 is 57.4 Å². The molecule has 0 unspecified atom stereocenters. The minimum Gasteiger partial charge on any atom is -0.481 e. The number of benzene rings is 2. The number of aliphatic carboxylic acids is 1. The van der Waals surface area contributed by atoms with Crippen molar-refractivity contribution in [2.45, 2.75) is 4.90 Å². The van der Waals surface area contributed by atoms with E-state index in [0.29, 0.717) is 5.82 Å². The number of nitrogens with one attached hydrogen (secondary N) is 1. The number of allylic oxidation sites excluding steroid dienone is 1. The zero-order chi connectivity index (χ0) is 22.3. The Morgan fingerprint density at radius 2 is 1.74 bits per heavy atom. The number of hydrogen-bond acceptors (Lipinski definition) is 5. The van der Waals surface area contributed by atoms with Crippen LogP contribution in [0.3, 0.4) is 0 Å². The van der Waals surface area contributed by atoms with Gasteiger partial charge in [-0.15, -0.1) is 17.3 Å². The monoisotopic (exact) mass is 494 g/mol. The van der Waals surface area contributed by atoms with E-state index in [-0.39, 0.29) is 64.6 Å². The normalized spacial score (nSPS) is 10.4. The standard InChI is InChI=1S/C25H18N3O3S.CH3.K/c29-14-2-3-17-5-7-18(8-6-17)23-24(28-25(27-23)20-4-1-13-26-15-20)19-9-11-21(12-10-19)32-16-22(30)31;;/h1-13,15H,16H2,(H,27,28)(H,30,31);1H3;/q2*-1;+1/b3-2+;;. The first kappa shape index (κ1) is 27.9. The average Bonchev–Trinajstić information content (AvgIpc) is 3.28. The molecular weight excluding hydrogens is 473 g/mol. The van der Waals surface area contributed by atoms with Crippen LogP contribution in [0.4, 0.5) is 0 Å². The first-order valence-corrected chi connectivity index (χ1v) is 10.7. The van der Waals surface area contributed by atoms with E-state index in [0.717, 1.165) is 38.5 Å². The molecule has 166 valence electrons. The Morgan fingerprint density at radius 1 is 1.03 bits per heavy atom. The van der Waals surface area contributed by atoms with Gasteiger partial charge < -0.3 is 22.3 Å². The molecular formula is C26H21KN3O3S-. The maximum atomic E-state index is 10.8. The van der Waals surface area contributed by atoms with Crippen LogP contribution in [-0.4, -0.2) is 38.1 Å². The molecule has 2 aromatic heterocycles. The number of carbonyl (C=O) groups excluding carboxylic acids is 1. The molecule has 4 rings (SSSR count). The van der Waals surface area contributed by atoms with Crippen molar-refractivity contribution >= 4 is 30.1 Å². The first-order chi connectivity index (χ1) is 15.6. The van der Waals surface area contributed by atoms with Gasteiger partial charge in [0, 0.05) is 34.0 Å². The zero-order valence-electron chi connectivity index (χ0n) is 18.9. The van der Waals surface area contributed by atoms with Crippen molar-refractivity contribution in [1.29, 1.82) is 0 Å². The first-order valence-electron chi connectivity index (χ1n) is 9.74. The molecule has 2 heterocycles. The second-order valence-corrected chi connectivity index (χ2v) is 7.88. The van der Waals surface area contributed by atoms with Gasteiger partial charge in [0.15, 0.2) is 0 Å². The largest absolute Gasteiger partial charge is 1.00 e. The molecule has 0 atom stereocenters. The number of pyridine rings is 1. The topological polar surface area (TPSA) is 95.9 Å². The summed E-state index contributed by atoms with van der Waals surface area (Å²) in [4.78, 5) is 34.6. The summed E-state index contributed by atoms with van der Waals surface area (Å²) >= 11 is 1.27. The Morgan fingerprint density at radius 3 is 2.35 bits per heavy atom. The van der Waals surface area contributed by atoms with Crippen LogP contribution >= 0.6 is 11.8 Å². The molecule has 2 N–H and O–H groups in total. The van der Waals surface area contributed by atoms with Gasteiger partial charge in [-0.25, -0.2) is 11.1 Å². The van der Waals surface area contributed by atoms with Crippen molar-refractivity contribution < 1.29 is 66.1 Å². The Balaban J connectivity index is 0.00000204. The Labute approximate surface area is 245 Å². The molecule has 0 radical (unpaired) electrons. The van der Waals surface area contributed by atoms with E-state index in [1.807, 2.05) is 60.7 Å². The maximum absolute atomic E-state index is 10.8. The number of thioether (sulfide) groups is 1. The molecule has 0 saturated carbocycles. The summed E-state index contributed by atoms with van der Waals surface area (Å²) in [6, 6.07) is 19.2. The summed E-state index contributed by atoms with van der Waals surface area (Å²) in [5, 5.41) is 8.88. The van der Waals surface area contributed by atoms with Gasteiger partial charge in [0.1, 0.15) is 5.82 Å². The van der Waals surface area contributed by atoms with Gasteiger partial charge in [-0.2, -0.15) is 6.08 Å². The van der Waals surface area contributed by atoms with Gasteiger partial charge in [-0.3, -0.25) is 9.78 Å². The summed E-state index contributed by atoms with van der Waals surface area (Å²) in [7, 11) is 0. The molecule has 0 amide bonds. The third-order valence-corrected chi connectivity index (χ3v) is 5.67. The number of aromatic amines is 1. The number of imidazole rings is 1. The maximum Gasteiger partial charge on any atom is 1.00 e. The Kier molecular flexibility index (Phi) is 11.1. The second kappa shape index (κ2) is 13.5. The number of carboxylic acids is 1. The minimum absolute atomic E-state index is 0. The van der Waals surface area contributed by atoms with E-state index in [1.165, 1.54) is 17.8 Å². The fourth-order valence-corrected chi connectivity index (χ4v) is 3.79. The van der Waals surface area contributed by atoms with E-state index in [4.69, 9.17) is 10.1 Å². The zero-order valence-corrected chi connectivity index (χ0v) is 22.8. The van der Waals surface area contributed by atoms with Crippen molar-refractivity contribution in [3.05, 3.63) is 92.1 Å². The minimum atomic E-state index is -0.848. The van der Waals surface area contributed by atoms with Gasteiger partial charge in [0.05, 0.1) is 17.1 Å². The van der Waals surface area contributed by atoms with Crippen molar-refractivity contribution in [3.63, 3.8) is 0 Å². The fraction of sp³-hybridized carbons (Fsp3) is 0.0385. The van der Waals surface area contributed by atoms with Crippen molar-refractivity contribution in [2.75, 3.05) is 5.75 Å². The summed E-state index contributed by atoms with van der Waals surface area (Å²) in [5.41, 5.74) is 5.25. The Hall–Kier alpha value is -2.33. The van der Waals surface area contributed by atoms with Crippen LogP contribution in [0.1, 0.15) is 5.56 Å². The summed E-state index contributed by atoms with van der Waals surface area (Å²) in [5.74, 6) is -0.132. The fourth-order valence-electron chi connectivity index (χ4n) is 3.18. The van der Waals surface area contributed by atoms with E-state index >= 15 is 0 Å². The molecule has 0 aliphatic rings. The molecule has 4 aromatic rings. The quantitative estimate of drug-likeness (QED) is 0.169. The molecule has 0 fully saturated rings. The number of carbonyl (C=O) groups is 1. The predicted octanol–water partition coefficient (Wildman–Crippen LogP) is 2.56. The number of aromatic nitrogens is 3. The molecule has 6 nitrogen and oxygen atoms in total. The van der Waals surface area contributed by atoms with Gasteiger partial charge in [0.2, 0.25) is 0 Å². The summed E-state index contributed by atoms with van der Waals surface area (Å²) in [6.45, 7) is 0. The molecule has 0 spiro atoms. The van der Waals surface area contributed by atoms with Crippen LogP contribution in [0, 0.1) is 7.43 Å². The number of nitrogens with zero attached hydrogens (tertiary/aromatic N) is 2. The molecule has 34 heavy (non-hydrogen) atoms. The smallest absolute Gasteiger partial charge is 0.481 e. The van der Waals surface area contributed by atoms with Crippen LogP contribution in [-0.2, 0) is 9.59 Å². The predicted molar refractivity (Wildman–Crippen MR) is 132 cm³/mol. The van der Waals surface area contributed by atoms with Crippen molar-refractivity contribution in [3.8, 4) is 33.9 Å². The number of rotatable bonds is 8. The SMILES string of the molecule is O=[C-]/C=C/c1ccc(-c2[nH]c(-c3cccnc3)nc2-c2ccc(SCC(=O)O)cc2)cc1.[CH3-].[K+]. The average molecular weight is 495 g/mol. The van der Waals surface area contributed by atoms with Gasteiger partial charge in [0.25, 0.3) is 0 Å². The van der Waals surface area contributed by atoms with E-state index in [2.05, 4.69) is 9.97 Å². The van der Waals surface area contributed by atoms with Gasteiger partial charge in [-0.1, -0.05) is 36.4 Å². The summed E-state index contributed by atoms with van der Waals surface area (Å²) < 4.78 is 0.